The molecule has 36 heavy (non-hydrogen) atoms. The molecule has 1 heterocycles. The Morgan fingerprint density at radius 2 is 1.83 bits per heavy atom. The number of ether oxygens (including phenoxy) is 1. The summed E-state index contributed by atoms with van der Waals surface area (Å²) < 4.78 is 8.28. The van der Waals surface area contributed by atoms with Crippen molar-refractivity contribution in [3.8, 4) is 16.9 Å². The Morgan fingerprint density at radius 3 is 2.56 bits per heavy atom. The van der Waals surface area contributed by atoms with Crippen molar-refractivity contribution in [2.75, 3.05) is 0 Å². The molecule has 0 aliphatic carbocycles. The molecular formula is C30H35N3O3. The van der Waals surface area contributed by atoms with Crippen LogP contribution < -0.4 is 10.5 Å². The lowest BCUT2D eigenvalue weighted by Gasteiger charge is -2.17. The summed E-state index contributed by atoms with van der Waals surface area (Å²) in [5, 5.41) is 15.8. The van der Waals surface area contributed by atoms with Crippen LogP contribution in [0.3, 0.4) is 0 Å². The van der Waals surface area contributed by atoms with Crippen LogP contribution in [-0.4, -0.2) is 20.9 Å². The van der Waals surface area contributed by atoms with E-state index in [1.165, 1.54) is 0 Å². The van der Waals surface area contributed by atoms with E-state index < -0.39 is 11.9 Å². The van der Waals surface area contributed by atoms with E-state index in [9.17, 15) is 9.90 Å². The molecule has 0 aliphatic rings. The summed E-state index contributed by atoms with van der Waals surface area (Å²) in [6, 6.07) is 22.3. The molecule has 4 rings (SSSR count). The van der Waals surface area contributed by atoms with Gasteiger partial charge in [-0.2, -0.15) is 5.10 Å². The molecule has 188 valence electrons. The Labute approximate surface area is 212 Å². The minimum absolute atomic E-state index is 0.186. The van der Waals surface area contributed by atoms with Crippen LogP contribution in [0.2, 0.25) is 0 Å². The number of aliphatic carboxylic acids is 1. The van der Waals surface area contributed by atoms with Crippen LogP contribution in [0.5, 0.6) is 5.75 Å². The molecule has 6 nitrogen and oxygen atoms in total. The quantitative estimate of drug-likeness (QED) is 0.247. The lowest BCUT2D eigenvalue weighted by Crippen LogP contribution is -2.13. The Kier molecular flexibility index (Phi) is 8.06. The van der Waals surface area contributed by atoms with Crippen molar-refractivity contribution in [2.45, 2.75) is 65.1 Å². The second-order valence-electron chi connectivity index (χ2n) is 9.48. The third kappa shape index (κ3) is 5.44. The normalized spacial score (nSPS) is 12.2. The second kappa shape index (κ2) is 11.4. The third-order valence-electron chi connectivity index (χ3n) is 6.57. The first kappa shape index (κ1) is 25.5. The van der Waals surface area contributed by atoms with Gasteiger partial charge in [-0.25, -0.2) is 0 Å². The zero-order valence-electron chi connectivity index (χ0n) is 21.3. The number of carbonyl (C=O) groups is 1. The highest BCUT2D eigenvalue weighted by molar-refractivity contribution is 5.87. The average molecular weight is 486 g/mol. The van der Waals surface area contributed by atoms with Gasteiger partial charge in [0.2, 0.25) is 0 Å². The van der Waals surface area contributed by atoms with Crippen LogP contribution in [0.1, 0.15) is 68.8 Å². The van der Waals surface area contributed by atoms with E-state index in [4.69, 9.17) is 15.6 Å². The molecule has 0 spiro atoms. The van der Waals surface area contributed by atoms with Gasteiger partial charge in [-0.3, -0.25) is 9.48 Å². The van der Waals surface area contributed by atoms with Crippen molar-refractivity contribution in [3.63, 3.8) is 0 Å². The van der Waals surface area contributed by atoms with E-state index in [1.807, 2.05) is 41.1 Å². The van der Waals surface area contributed by atoms with Gasteiger partial charge in [0, 0.05) is 23.5 Å². The second-order valence-corrected chi connectivity index (χ2v) is 9.48. The number of fused-ring (bicyclic) bond motifs is 1. The minimum atomic E-state index is -0.821. The molecule has 4 aromatic rings. The summed E-state index contributed by atoms with van der Waals surface area (Å²) in [5.74, 6) is -0.814. The Morgan fingerprint density at radius 1 is 1.06 bits per heavy atom. The van der Waals surface area contributed by atoms with E-state index in [0.29, 0.717) is 24.3 Å². The Bertz CT molecular complexity index is 1340. The van der Waals surface area contributed by atoms with Gasteiger partial charge in [-0.15, -0.1) is 0 Å². The highest BCUT2D eigenvalue weighted by Crippen LogP contribution is 2.33. The fraction of sp³-hybridized carbons (Fsp3) is 0.333. The molecule has 3 N–H and O–H groups in total. The SMILES string of the molecule is CCCCC(C(=O)O)c1ccccc1OCc1nn(C(C)C)c2ccc(-c3cccc(CN)c3)cc12. The molecule has 0 fully saturated rings. The van der Waals surface area contributed by atoms with Crippen LogP contribution in [-0.2, 0) is 17.9 Å². The van der Waals surface area contributed by atoms with Gasteiger partial charge in [0.05, 0.1) is 11.4 Å². The monoisotopic (exact) mass is 485 g/mol. The summed E-state index contributed by atoms with van der Waals surface area (Å²) in [5.41, 5.74) is 11.7. The van der Waals surface area contributed by atoms with E-state index in [2.05, 4.69) is 51.1 Å². The van der Waals surface area contributed by atoms with E-state index >= 15 is 0 Å². The van der Waals surface area contributed by atoms with Crippen LogP contribution in [0.4, 0.5) is 0 Å². The number of unbranched alkanes of at least 4 members (excludes halogenated alkanes) is 1. The fourth-order valence-electron chi connectivity index (χ4n) is 4.63. The van der Waals surface area contributed by atoms with Crippen LogP contribution in [0, 0.1) is 0 Å². The van der Waals surface area contributed by atoms with Crippen molar-refractivity contribution in [2.24, 2.45) is 5.73 Å². The van der Waals surface area contributed by atoms with Gasteiger partial charge in [0.25, 0.3) is 0 Å². The summed E-state index contributed by atoms with van der Waals surface area (Å²) in [6.07, 6.45) is 2.38. The molecule has 0 amide bonds. The molecule has 0 aliphatic heterocycles. The molecule has 1 atom stereocenters. The number of nitrogens with zero attached hydrogens (tertiary/aromatic N) is 2. The van der Waals surface area contributed by atoms with Crippen molar-refractivity contribution >= 4 is 16.9 Å². The van der Waals surface area contributed by atoms with E-state index in [1.54, 1.807) is 0 Å². The number of nitrogens with two attached hydrogens (primary N) is 1. The van der Waals surface area contributed by atoms with Crippen LogP contribution >= 0.6 is 0 Å². The van der Waals surface area contributed by atoms with Crippen molar-refractivity contribution in [1.82, 2.24) is 9.78 Å². The highest BCUT2D eigenvalue weighted by atomic mass is 16.5. The van der Waals surface area contributed by atoms with Crippen molar-refractivity contribution in [1.29, 1.82) is 0 Å². The predicted octanol–water partition coefficient (Wildman–Crippen LogP) is 6.68. The largest absolute Gasteiger partial charge is 0.487 e. The van der Waals surface area contributed by atoms with Gasteiger partial charge < -0.3 is 15.6 Å². The molecule has 1 unspecified atom stereocenters. The first-order chi connectivity index (χ1) is 17.4. The third-order valence-corrected chi connectivity index (χ3v) is 6.57. The van der Waals surface area contributed by atoms with Gasteiger partial charge in [0.1, 0.15) is 18.1 Å². The average Bonchev–Trinajstić information content (AvgIpc) is 3.26. The molecule has 0 saturated carbocycles. The number of benzene rings is 3. The highest BCUT2D eigenvalue weighted by Gasteiger charge is 2.23. The number of para-hydroxylation sites is 1. The zero-order valence-corrected chi connectivity index (χ0v) is 21.3. The van der Waals surface area contributed by atoms with Crippen molar-refractivity contribution < 1.29 is 14.6 Å². The van der Waals surface area contributed by atoms with Gasteiger partial charge in [0.15, 0.2) is 0 Å². The molecule has 0 bridgehead atoms. The number of aromatic nitrogens is 2. The predicted molar refractivity (Wildman–Crippen MR) is 144 cm³/mol. The molecular weight excluding hydrogens is 450 g/mol. The standard InChI is InChI=1S/C30H35N3O3/c1-4-5-11-25(30(34)35)24-12-6-7-13-29(24)36-19-27-26-17-23(22-10-8-9-21(16-22)18-31)14-15-28(26)33(32-27)20(2)3/h6-10,12-17,20,25H,4-5,11,18-19,31H2,1-3H3,(H,34,35). The molecule has 0 radical (unpaired) electrons. The van der Waals surface area contributed by atoms with Crippen LogP contribution in [0.15, 0.2) is 66.7 Å². The Balaban J connectivity index is 1.69. The molecule has 1 aromatic heterocycles. The molecule has 3 aromatic carbocycles. The summed E-state index contributed by atoms with van der Waals surface area (Å²) in [6.45, 7) is 7.03. The van der Waals surface area contributed by atoms with Gasteiger partial charge in [-0.1, -0.05) is 62.2 Å². The fourth-order valence-corrected chi connectivity index (χ4v) is 4.63. The maximum Gasteiger partial charge on any atom is 0.311 e. The van der Waals surface area contributed by atoms with E-state index in [0.717, 1.165) is 46.1 Å². The summed E-state index contributed by atoms with van der Waals surface area (Å²) in [7, 11) is 0. The maximum absolute atomic E-state index is 12.0. The number of carboxylic acids is 1. The molecule has 6 heteroatoms. The topological polar surface area (TPSA) is 90.4 Å². The minimum Gasteiger partial charge on any atom is -0.487 e. The molecule has 0 saturated heterocycles. The lowest BCUT2D eigenvalue weighted by molar-refractivity contribution is -0.139. The summed E-state index contributed by atoms with van der Waals surface area (Å²) >= 11 is 0. The lowest BCUT2D eigenvalue weighted by atomic mass is 9.93. The van der Waals surface area contributed by atoms with Crippen LogP contribution in [0.25, 0.3) is 22.0 Å². The Hall–Kier alpha value is -3.64. The maximum atomic E-state index is 12.0. The number of carboxylic acid groups (broad SMARTS) is 1. The first-order valence-electron chi connectivity index (χ1n) is 12.7. The number of hydrogen-bond acceptors (Lipinski definition) is 4. The van der Waals surface area contributed by atoms with Gasteiger partial charge >= 0.3 is 5.97 Å². The smallest absolute Gasteiger partial charge is 0.311 e. The number of rotatable bonds is 11. The number of hydrogen-bond donors (Lipinski definition) is 2. The first-order valence-corrected chi connectivity index (χ1v) is 12.7. The zero-order chi connectivity index (χ0) is 25.7. The van der Waals surface area contributed by atoms with Gasteiger partial charge in [-0.05, 0) is 61.2 Å². The van der Waals surface area contributed by atoms with E-state index in [-0.39, 0.29) is 12.6 Å². The summed E-state index contributed by atoms with van der Waals surface area (Å²) in [4.78, 5) is 12.0. The van der Waals surface area contributed by atoms with Crippen molar-refractivity contribution in [3.05, 3.63) is 83.6 Å².